The van der Waals surface area contributed by atoms with Crippen LogP contribution in [0.5, 0.6) is 0 Å². The Hall–Kier alpha value is -2.48. The second-order valence-corrected chi connectivity index (χ2v) is 3.75. The summed E-state index contributed by atoms with van der Waals surface area (Å²) in [4.78, 5) is 7.19. The molecular weight excluding hydrogens is 214 g/mol. The van der Waals surface area contributed by atoms with Crippen molar-refractivity contribution >= 4 is 11.4 Å². The monoisotopic (exact) mass is 227 g/mol. The Morgan fingerprint density at radius 2 is 2.35 bits per heavy atom. The van der Waals surface area contributed by atoms with Crippen molar-refractivity contribution in [2.45, 2.75) is 13.0 Å². The average Bonchev–Trinajstić information content (AvgIpc) is 2.85. The Labute approximate surface area is 99.3 Å². The zero-order valence-corrected chi connectivity index (χ0v) is 9.44. The van der Waals surface area contributed by atoms with Crippen molar-refractivity contribution < 1.29 is 0 Å². The van der Waals surface area contributed by atoms with E-state index in [1.165, 1.54) is 0 Å². The van der Waals surface area contributed by atoms with Gasteiger partial charge in [0, 0.05) is 12.4 Å². The van der Waals surface area contributed by atoms with Crippen LogP contribution in [-0.2, 0) is 0 Å². The van der Waals surface area contributed by atoms with Crippen molar-refractivity contribution in [1.82, 2.24) is 9.97 Å². The van der Waals surface area contributed by atoms with Crippen LogP contribution in [0.4, 0.5) is 11.4 Å². The van der Waals surface area contributed by atoms with Crippen LogP contribution in [-0.4, -0.2) is 9.97 Å². The topological polar surface area (TPSA) is 90.5 Å². The molecule has 2 rings (SSSR count). The third-order valence-electron chi connectivity index (χ3n) is 2.48. The molecule has 0 saturated carbocycles. The Kier molecular flexibility index (Phi) is 2.97. The fourth-order valence-corrected chi connectivity index (χ4v) is 1.57. The van der Waals surface area contributed by atoms with Crippen LogP contribution in [0, 0.1) is 11.3 Å². The number of rotatable bonds is 3. The quantitative estimate of drug-likeness (QED) is 0.700. The number of H-pyrrole nitrogens is 1. The first-order chi connectivity index (χ1) is 8.20. The summed E-state index contributed by atoms with van der Waals surface area (Å²) in [6.45, 7) is 1.97. The molecule has 5 nitrogen and oxygen atoms in total. The van der Waals surface area contributed by atoms with Gasteiger partial charge in [0.25, 0.3) is 0 Å². The maximum atomic E-state index is 8.83. The van der Waals surface area contributed by atoms with Gasteiger partial charge in [-0.2, -0.15) is 5.26 Å². The lowest BCUT2D eigenvalue weighted by Gasteiger charge is -2.14. The summed E-state index contributed by atoms with van der Waals surface area (Å²) >= 11 is 0. The Morgan fingerprint density at radius 3 is 3.00 bits per heavy atom. The number of nitriles is 1. The summed E-state index contributed by atoms with van der Waals surface area (Å²) in [5.74, 6) is 0.826. The number of nitrogens with one attached hydrogen (secondary N) is 2. The van der Waals surface area contributed by atoms with Crippen molar-refractivity contribution in [3.05, 3.63) is 42.0 Å². The minimum atomic E-state index is 0.00115. The molecule has 2 aromatic rings. The van der Waals surface area contributed by atoms with Crippen LogP contribution in [0.25, 0.3) is 0 Å². The highest BCUT2D eigenvalue weighted by atomic mass is 15.0. The number of benzene rings is 1. The molecule has 0 fully saturated rings. The van der Waals surface area contributed by atoms with E-state index >= 15 is 0 Å². The molecule has 0 aliphatic rings. The fraction of sp³-hybridized carbons (Fsp3) is 0.167. The summed E-state index contributed by atoms with van der Waals surface area (Å²) in [7, 11) is 0. The summed E-state index contributed by atoms with van der Waals surface area (Å²) in [5, 5.41) is 12.1. The zero-order valence-electron chi connectivity index (χ0n) is 9.44. The lowest BCUT2D eigenvalue weighted by atomic mass is 10.1. The molecule has 1 aromatic carbocycles. The third-order valence-corrected chi connectivity index (χ3v) is 2.48. The molecule has 17 heavy (non-hydrogen) atoms. The van der Waals surface area contributed by atoms with Gasteiger partial charge in [0.05, 0.1) is 29.0 Å². The van der Waals surface area contributed by atoms with E-state index in [0.29, 0.717) is 11.3 Å². The molecule has 4 N–H and O–H groups in total. The van der Waals surface area contributed by atoms with Gasteiger partial charge in [-0.05, 0) is 25.1 Å². The molecule has 0 aliphatic carbocycles. The maximum absolute atomic E-state index is 8.83. The lowest BCUT2D eigenvalue weighted by Crippen LogP contribution is -2.10. The minimum absolute atomic E-state index is 0.00115. The second-order valence-electron chi connectivity index (χ2n) is 3.75. The van der Waals surface area contributed by atoms with Gasteiger partial charge in [0.2, 0.25) is 0 Å². The molecule has 1 unspecified atom stereocenters. The number of aromatic amines is 1. The van der Waals surface area contributed by atoms with Gasteiger partial charge >= 0.3 is 0 Å². The number of imidazole rings is 1. The van der Waals surface area contributed by atoms with Gasteiger partial charge in [-0.1, -0.05) is 0 Å². The van der Waals surface area contributed by atoms with Crippen LogP contribution in [0.3, 0.4) is 0 Å². The van der Waals surface area contributed by atoms with Gasteiger partial charge in [0.1, 0.15) is 5.82 Å². The van der Waals surface area contributed by atoms with Crippen LogP contribution < -0.4 is 11.1 Å². The van der Waals surface area contributed by atoms with E-state index in [4.69, 9.17) is 11.0 Å². The van der Waals surface area contributed by atoms with E-state index in [2.05, 4.69) is 21.4 Å². The summed E-state index contributed by atoms with van der Waals surface area (Å²) < 4.78 is 0. The van der Waals surface area contributed by atoms with Gasteiger partial charge in [-0.3, -0.25) is 0 Å². The largest absolute Gasteiger partial charge is 0.397 e. The predicted molar refractivity (Wildman–Crippen MR) is 66.2 cm³/mol. The van der Waals surface area contributed by atoms with Crippen molar-refractivity contribution in [3.63, 3.8) is 0 Å². The molecule has 86 valence electrons. The first-order valence-corrected chi connectivity index (χ1v) is 5.26. The Balaban J connectivity index is 2.21. The Morgan fingerprint density at radius 1 is 1.53 bits per heavy atom. The number of anilines is 2. The smallest absolute Gasteiger partial charge is 0.128 e. The van der Waals surface area contributed by atoms with Crippen LogP contribution >= 0.6 is 0 Å². The van der Waals surface area contributed by atoms with Gasteiger partial charge in [0.15, 0.2) is 0 Å². The fourth-order valence-electron chi connectivity index (χ4n) is 1.57. The normalized spacial score (nSPS) is 11.8. The SMILES string of the molecule is CC(Nc1cc(C#N)ccc1N)c1ncc[nH]1. The molecule has 5 heteroatoms. The van der Waals surface area contributed by atoms with Crippen LogP contribution in [0.1, 0.15) is 24.4 Å². The van der Waals surface area contributed by atoms with E-state index in [1.807, 2.05) is 6.92 Å². The second kappa shape index (κ2) is 4.58. The highest BCUT2D eigenvalue weighted by Crippen LogP contribution is 2.23. The number of hydrogen-bond donors (Lipinski definition) is 3. The van der Waals surface area contributed by atoms with Gasteiger partial charge < -0.3 is 16.0 Å². The van der Waals surface area contributed by atoms with Crippen molar-refractivity contribution in [2.24, 2.45) is 0 Å². The number of nitrogens with zero attached hydrogens (tertiary/aromatic N) is 2. The minimum Gasteiger partial charge on any atom is -0.397 e. The number of nitrogen functional groups attached to an aromatic ring is 1. The predicted octanol–water partition coefficient (Wildman–Crippen LogP) is 2.04. The molecule has 1 atom stereocenters. The molecular formula is C12H13N5. The van der Waals surface area contributed by atoms with Crippen LogP contribution in [0.2, 0.25) is 0 Å². The lowest BCUT2D eigenvalue weighted by molar-refractivity contribution is 0.810. The third kappa shape index (κ3) is 2.37. The summed E-state index contributed by atoms with van der Waals surface area (Å²) in [6, 6.07) is 7.23. The van der Waals surface area contributed by atoms with E-state index in [0.717, 1.165) is 11.5 Å². The molecule has 0 aliphatic heterocycles. The number of aromatic nitrogens is 2. The van der Waals surface area contributed by atoms with Crippen LogP contribution in [0.15, 0.2) is 30.6 Å². The molecule has 0 radical (unpaired) electrons. The summed E-state index contributed by atoms with van der Waals surface area (Å²) in [5.41, 5.74) is 7.78. The van der Waals surface area contributed by atoms with Gasteiger partial charge in [-0.25, -0.2) is 4.98 Å². The number of nitrogens with two attached hydrogens (primary N) is 1. The maximum Gasteiger partial charge on any atom is 0.128 e. The van der Waals surface area contributed by atoms with E-state index in [1.54, 1.807) is 30.6 Å². The molecule has 1 heterocycles. The molecule has 1 aromatic heterocycles. The highest BCUT2D eigenvalue weighted by Gasteiger charge is 2.09. The van der Waals surface area contributed by atoms with Crippen molar-refractivity contribution in [3.8, 4) is 6.07 Å². The molecule has 0 amide bonds. The summed E-state index contributed by atoms with van der Waals surface area (Å²) in [6.07, 6.45) is 3.46. The molecule has 0 spiro atoms. The molecule has 0 bridgehead atoms. The Bertz CT molecular complexity index is 539. The average molecular weight is 227 g/mol. The van der Waals surface area contributed by atoms with Crippen molar-refractivity contribution in [1.29, 1.82) is 5.26 Å². The first-order valence-electron chi connectivity index (χ1n) is 5.26. The standard InChI is InChI=1S/C12H13N5/c1-8(12-15-4-5-16-12)17-11-6-9(7-13)2-3-10(11)14/h2-6,8,17H,14H2,1H3,(H,15,16). The van der Waals surface area contributed by atoms with E-state index in [-0.39, 0.29) is 6.04 Å². The zero-order chi connectivity index (χ0) is 12.3. The van der Waals surface area contributed by atoms with Gasteiger partial charge in [-0.15, -0.1) is 0 Å². The first kappa shape index (κ1) is 11.0. The van der Waals surface area contributed by atoms with E-state index in [9.17, 15) is 0 Å². The number of hydrogen-bond acceptors (Lipinski definition) is 4. The highest BCUT2D eigenvalue weighted by molar-refractivity contribution is 5.68. The molecule has 0 saturated heterocycles. The van der Waals surface area contributed by atoms with E-state index < -0.39 is 0 Å². The van der Waals surface area contributed by atoms with Crippen molar-refractivity contribution in [2.75, 3.05) is 11.1 Å².